The number of hydrogen-bond acceptors (Lipinski definition) is 3. The zero-order chi connectivity index (χ0) is 14.3. The van der Waals surface area contributed by atoms with Gasteiger partial charge in [-0.3, -0.25) is 9.78 Å². The number of aromatic nitrogens is 1. The first-order chi connectivity index (χ1) is 9.59. The molecule has 6 heteroatoms. The van der Waals surface area contributed by atoms with Gasteiger partial charge in [0.1, 0.15) is 0 Å². The standard InChI is InChI=1S/C14H18N4O2/c1-16(2)14(20)17-7-5-11-12(17)8-13(19)18(11)10-4-3-6-15-9-10/h3-4,6,9,11-12H,5,7-8H2,1-2H3/t11-,12+/m0/s1. The second kappa shape index (κ2) is 4.77. The number of amides is 3. The van der Waals surface area contributed by atoms with Crippen molar-refractivity contribution in [3.05, 3.63) is 24.5 Å². The van der Waals surface area contributed by atoms with Gasteiger partial charge < -0.3 is 14.7 Å². The van der Waals surface area contributed by atoms with Crippen LogP contribution < -0.4 is 4.90 Å². The van der Waals surface area contributed by atoms with Crippen LogP contribution in [0.5, 0.6) is 0 Å². The van der Waals surface area contributed by atoms with Gasteiger partial charge in [-0.2, -0.15) is 0 Å². The topological polar surface area (TPSA) is 56.8 Å². The van der Waals surface area contributed by atoms with E-state index in [-0.39, 0.29) is 24.0 Å². The number of hydrogen-bond donors (Lipinski definition) is 0. The fourth-order valence-electron chi connectivity index (χ4n) is 3.17. The number of rotatable bonds is 1. The molecule has 3 amide bonds. The summed E-state index contributed by atoms with van der Waals surface area (Å²) in [6.07, 6.45) is 4.62. The molecule has 1 aromatic rings. The van der Waals surface area contributed by atoms with Crippen LogP contribution in [0.25, 0.3) is 0 Å². The highest BCUT2D eigenvalue weighted by Gasteiger charge is 2.49. The quantitative estimate of drug-likeness (QED) is 0.766. The summed E-state index contributed by atoms with van der Waals surface area (Å²) in [6.45, 7) is 0.705. The second-order valence-corrected chi connectivity index (χ2v) is 5.47. The molecule has 106 valence electrons. The van der Waals surface area contributed by atoms with E-state index in [0.717, 1.165) is 12.1 Å². The van der Waals surface area contributed by atoms with Gasteiger partial charge in [-0.05, 0) is 18.6 Å². The van der Waals surface area contributed by atoms with Gasteiger partial charge >= 0.3 is 6.03 Å². The predicted molar refractivity (Wildman–Crippen MR) is 74.3 cm³/mol. The Morgan fingerprint density at radius 2 is 2.20 bits per heavy atom. The molecule has 0 aliphatic carbocycles. The highest BCUT2D eigenvalue weighted by atomic mass is 16.2. The van der Waals surface area contributed by atoms with Gasteiger partial charge in [0.05, 0.1) is 24.0 Å². The van der Waals surface area contributed by atoms with Crippen LogP contribution in [0.4, 0.5) is 10.5 Å². The molecule has 2 aliphatic heterocycles. The van der Waals surface area contributed by atoms with Crippen molar-refractivity contribution >= 4 is 17.6 Å². The van der Waals surface area contributed by atoms with Crippen molar-refractivity contribution in [1.82, 2.24) is 14.8 Å². The number of pyridine rings is 1. The maximum atomic E-state index is 12.3. The highest BCUT2D eigenvalue weighted by molar-refractivity contribution is 5.98. The summed E-state index contributed by atoms with van der Waals surface area (Å²) in [6, 6.07) is 3.77. The molecule has 0 N–H and O–H groups in total. The predicted octanol–water partition coefficient (Wildman–Crippen LogP) is 0.943. The van der Waals surface area contributed by atoms with Gasteiger partial charge in [-0.15, -0.1) is 0 Å². The van der Waals surface area contributed by atoms with E-state index in [9.17, 15) is 9.59 Å². The van der Waals surface area contributed by atoms with Crippen molar-refractivity contribution in [3.63, 3.8) is 0 Å². The third kappa shape index (κ3) is 1.92. The molecule has 0 aromatic carbocycles. The van der Waals surface area contributed by atoms with E-state index in [4.69, 9.17) is 0 Å². The summed E-state index contributed by atoms with van der Waals surface area (Å²) in [5.41, 5.74) is 0.823. The Morgan fingerprint density at radius 1 is 1.40 bits per heavy atom. The SMILES string of the molecule is CN(C)C(=O)N1CC[C@H]2[C@H]1CC(=O)N2c1cccnc1. The molecule has 3 heterocycles. The van der Waals surface area contributed by atoms with Gasteiger partial charge in [0.25, 0.3) is 0 Å². The molecule has 0 spiro atoms. The number of urea groups is 1. The van der Waals surface area contributed by atoms with Gasteiger partial charge in [-0.25, -0.2) is 4.79 Å². The average Bonchev–Trinajstić information content (AvgIpc) is 2.96. The van der Waals surface area contributed by atoms with E-state index in [1.807, 2.05) is 17.0 Å². The molecule has 2 saturated heterocycles. The number of nitrogens with zero attached hydrogens (tertiary/aromatic N) is 4. The fraction of sp³-hybridized carbons (Fsp3) is 0.500. The lowest BCUT2D eigenvalue weighted by atomic mass is 10.1. The average molecular weight is 274 g/mol. The number of anilines is 1. The van der Waals surface area contributed by atoms with Crippen LogP contribution in [0, 0.1) is 0 Å². The van der Waals surface area contributed by atoms with E-state index in [1.165, 1.54) is 0 Å². The van der Waals surface area contributed by atoms with E-state index in [0.29, 0.717) is 13.0 Å². The zero-order valence-electron chi connectivity index (χ0n) is 11.7. The Labute approximate surface area is 118 Å². The number of carbonyl (C=O) groups is 2. The first-order valence-electron chi connectivity index (χ1n) is 6.79. The van der Waals surface area contributed by atoms with Crippen LogP contribution >= 0.6 is 0 Å². The minimum Gasteiger partial charge on any atom is -0.331 e. The Balaban J connectivity index is 1.85. The largest absolute Gasteiger partial charge is 0.331 e. The third-order valence-corrected chi connectivity index (χ3v) is 4.05. The molecule has 20 heavy (non-hydrogen) atoms. The maximum absolute atomic E-state index is 12.3. The monoisotopic (exact) mass is 274 g/mol. The first-order valence-corrected chi connectivity index (χ1v) is 6.79. The summed E-state index contributed by atoms with van der Waals surface area (Å²) in [5, 5.41) is 0. The molecule has 2 aliphatic rings. The Morgan fingerprint density at radius 3 is 2.85 bits per heavy atom. The third-order valence-electron chi connectivity index (χ3n) is 4.05. The van der Waals surface area contributed by atoms with Crippen LogP contribution in [0.3, 0.4) is 0 Å². The Kier molecular flexibility index (Phi) is 3.08. The molecular weight excluding hydrogens is 256 g/mol. The molecule has 0 saturated carbocycles. The van der Waals surface area contributed by atoms with Gasteiger partial charge in [0.15, 0.2) is 0 Å². The van der Waals surface area contributed by atoms with Crippen molar-refractivity contribution in [1.29, 1.82) is 0 Å². The molecule has 3 rings (SSSR count). The zero-order valence-corrected chi connectivity index (χ0v) is 11.7. The van der Waals surface area contributed by atoms with E-state index in [1.54, 1.807) is 36.3 Å². The molecule has 2 atom stereocenters. The van der Waals surface area contributed by atoms with Gasteiger partial charge in [-0.1, -0.05) is 0 Å². The normalized spacial score (nSPS) is 25.0. The number of likely N-dealkylation sites (tertiary alicyclic amines) is 1. The van der Waals surface area contributed by atoms with Crippen LogP contribution in [0.15, 0.2) is 24.5 Å². The first kappa shape index (κ1) is 12.9. The van der Waals surface area contributed by atoms with Crippen LogP contribution in [-0.4, -0.2) is 59.4 Å². The van der Waals surface area contributed by atoms with Crippen molar-refractivity contribution in [2.24, 2.45) is 0 Å². The molecule has 2 fully saturated rings. The Bertz CT molecular complexity index is 531. The molecule has 0 unspecified atom stereocenters. The van der Waals surface area contributed by atoms with Crippen molar-refractivity contribution < 1.29 is 9.59 Å². The second-order valence-electron chi connectivity index (χ2n) is 5.47. The summed E-state index contributed by atoms with van der Waals surface area (Å²) >= 11 is 0. The lowest BCUT2D eigenvalue weighted by Crippen LogP contribution is -2.44. The molecule has 0 bridgehead atoms. The van der Waals surface area contributed by atoms with E-state index < -0.39 is 0 Å². The minimum absolute atomic E-state index is 0.0154. The lowest BCUT2D eigenvalue weighted by molar-refractivity contribution is -0.117. The van der Waals surface area contributed by atoms with Crippen molar-refractivity contribution in [2.45, 2.75) is 24.9 Å². The number of carbonyl (C=O) groups excluding carboxylic acids is 2. The Hall–Kier alpha value is -2.11. The molecule has 1 aromatic heterocycles. The lowest BCUT2D eigenvalue weighted by Gasteiger charge is -2.27. The highest BCUT2D eigenvalue weighted by Crippen LogP contribution is 2.35. The molecule has 6 nitrogen and oxygen atoms in total. The fourth-order valence-corrected chi connectivity index (χ4v) is 3.17. The summed E-state index contributed by atoms with van der Waals surface area (Å²) in [7, 11) is 3.48. The molecular formula is C14H18N4O2. The van der Waals surface area contributed by atoms with E-state index >= 15 is 0 Å². The van der Waals surface area contributed by atoms with E-state index in [2.05, 4.69) is 4.98 Å². The smallest absolute Gasteiger partial charge is 0.319 e. The summed E-state index contributed by atoms with van der Waals surface area (Å²) in [4.78, 5) is 33.7. The van der Waals surface area contributed by atoms with Crippen LogP contribution in [0.1, 0.15) is 12.8 Å². The van der Waals surface area contributed by atoms with Gasteiger partial charge in [0.2, 0.25) is 5.91 Å². The minimum atomic E-state index is -0.0161. The van der Waals surface area contributed by atoms with Crippen LogP contribution in [-0.2, 0) is 4.79 Å². The van der Waals surface area contributed by atoms with Crippen molar-refractivity contribution in [3.8, 4) is 0 Å². The summed E-state index contributed by atoms with van der Waals surface area (Å²) < 4.78 is 0. The molecule has 0 radical (unpaired) electrons. The maximum Gasteiger partial charge on any atom is 0.319 e. The number of fused-ring (bicyclic) bond motifs is 1. The van der Waals surface area contributed by atoms with Crippen molar-refractivity contribution in [2.75, 3.05) is 25.5 Å². The van der Waals surface area contributed by atoms with Gasteiger partial charge in [0, 0.05) is 33.3 Å². The summed E-state index contributed by atoms with van der Waals surface area (Å²) in [5.74, 6) is 0.0734. The van der Waals surface area contributed by atoms with Crippen LogP contribution in [0.2, 0.25) is 0 Å².